The fourth-order valence-corrected chi connectivity index (χ4v) is 4.17. The Hall–Kier alpha value is -3.46. The molecule has 158 valence electrons. The van der Waals surface area contributed by atoms with E-state index in [0.29, 0.717) is 11.6 Å². The molecule has 0 atom stereocenters. The van der Waals surface area contributed by atoms with E-state index in [0.717, 1.165) is 28.9 Å². The smallest absolute Gasteiger partial charge is 0.267 e. The normalized spacial score (nSPS) is 11.7. The van der Waals surface area contributed by atoms with E-state index in [4.69, 9.17) is 0 Å². The highest BCUT2D eigenvalue weighted by molar-refractivity contribution is 7.91. The lowest BCUT2D eigenvalue weighted by atomic mass is 10.0. The zero-order chi connectivity index (χ0) is 22.3. The lowest BCUT2D eigenvalue weighted by molar-refractivity contribution is 0.571. The van der Waals surface area contributed by atoms with Crippen molar-refractivity contribution in [2.45, 2.75) is 11.8 Å². The summed E-state index contributed by atoms with van der Waals surface area (Å²) < 4.78 is 67.1. The molecule has 3 aromatic carbocycles. The summed E-state index contributed by atoms with van der Waals surface area (Å²) in [6.07, 6.45) is 0. The summed E-state index contributed by atoms with van der Waals surface area (Å²) in [5.41, 5.74) is -0.662. The van der Waals surface area contributed by atoms with E-state index in [1.54, 1.807) is 6.07 Å². The second-order valence-electron chi connectivity index (χ2n) is 6.78. The van der Waals surface area contributed by atoms with Gasteiger partial charge in [-0.1, -0.05) is 19.1 Å². The second kappa shape index (κ2) is 7.66. The minimum Gasteiger partial charge on any atom is -0.267 e. The fourth-order valence-electron chi connectivity index (χ4n) is 3.25. The van der Waals surface area contributed by atoms with Crippen LogP contribution in [0.1, 0.15) is 6.92 Å². The van der Waals surface area contributed by atoms with Crippen LogP contribution >= 0.6 is 0 Å². The van der Waals surface area contributed by atoms with Crippen LogP contribution in [0.3, 0.4) is 0 Å². The first-order chi connectivity index (χ1) is 14.7. The monoisotopic (exact) mass is 444 g/mol. The Bertz CT molecular complexity index is 1500. The van der Waals surface area contributed by atoms with E-state index in [9.17, 15) is 26.4 Å². The molecule has 0 N–H and O–H groups in total. The average Bonchev–Trinajstić information content (AvgIpc) is 2.74. The third-order valence-electron chi connectivity index (χ3n) is 4.84. The molecule has 9 heteroatoms. The molecule has 0 aliphatic heterocycles. The molecular formula is C22H15F3N2O3S. The van der Waals surface area contributed by atoms with Crippen LogP contribution in [0.2, 0.25) is 0 Å². The molecule has 0 spiro atoms. The second-order valence-corrected chi connectivity index (χ2v) is 9.06. The van der Waals surface area contributed by atoms with E-state index in [2.05, 4.69) is 5.10 Å². The van der Waals surface area contributed by atoms with Gasteiger partial charge in [0.1, 0.15) is 17.3 Å². The summed E-state index contributed by atoms with van der Waals surface area (Å²) in [4.78, 5) is 13.0. The summed E-state index contributed by atoms with van der Waals surface area (Å²) in [5, 5.41) is 4.38. The largest absolute Gasteiger partial charge is 0.279 e. The number of rotatable bonds is 4. The molecule has 0 amide bonds. The van der Waals surface area contributed by atoms with Gasteiger partial charge < -0.3 is 0 Å². The number of aromatic nitrogens is 2. The molecule has 0 bridgehead atoms. The lowest BCUT2D eigenvalue weighted by Crippen LogP contribution is -2.23. The Balaban J connectivity index is 2.08. The number of benzene rings is 3. The van der Waals surface area contributed by atoms with Crippen molar-refractivity contribution in [3.05, 3.63) is 88.5 Å². The van der Waals surface area contributed by atoms with Crippen LogP contribution in [-0.4, -0.2) is 24.0 Å². The van der Waals surface area contributed by atoms with Gasteiger partial charge in [-0.05, 0) is 42.5 Å². The Morgan fingerprint density at radius 3 is 2.32 bits per heavy atom. The van der Waals surface area contributed by atoms with Crippen molar-refractivity contribution < 1.29 is 21.6 Å². The summed E-state index contributed by atoms with van der Waals surface area (Å²) in [6.45, 7) is 1.50. The Labute approximate surface area is 175 Å². The van der Waals surface area contributed by atoms with Crippen LogP contribution in [-0.2, 0) is 9.84 Å². The SMILES string of the molecule is CCS(=O)(=O)c1cccc(-c2nn(-c3ccc(F)cc3F)c(=O)c3ccc(F)cc23)c1. The number of hydrogen-bond acceptors (Lipinski definition) is 4. The van der Waals surface area contributed by atoms with Crippen molar-refractivity contribution in [3.8, 4) is 16.9 Å². The molecule has 31 heavy (non-hydrogen) atoms. The van der Waals surface area contributed by atoms with Gasteiger partial charge in [-0.3, -0.25) is 4.79 Å². The van der Waals surface area contributed by atoms with Crippen LogP contribution < -0.4 is 5.56 Å². The van der Waals surface area contributed by atoms with Gasteiger partial charge in [0, 0.05) is 17.0 Å². The maximum Gasteiger partial charge on any atom is 0.279 e. The topological polar surface area (TPSA) is 69.0 Å². The Morgan fingerprint density at radius 1 is 0.903 bits per heavy atom. The van der Waals surface area contributed by atoms with E-state index >= 15 is 0 Å². The number of halogens is 3. The zero-order valence-electron chi connectivity index (χ0n) is 16.1. The Kier molecular flexibility index (Phi) is 5.14. The summed E-state index contributed by atoms with van der Waals surface area (Å²) in [7, 11) is -3.54. The van der Waals surface area contributed by atoms with Gasteiger partial charge in [-0.25, -0.2) is 21.6 Å². The van der Waals surface area contributed by atoms with Gasteiger partial charge in [-0.15, -0.1) is 0 Å². The third kappa shape index (κ3) is 3.72. The first-order valence-corrected chi connectivity index (χ1v) is 10.9. The molecular weight excluding hydrogens is 429 g/mol. The fraction of sp³-hybridized carbons (Fsp3) is 0.0909. The molecule has 0 unspecified atom stereocenters. The van der Waals surface area contributed by atoms with Crippen LogP contribution in [0, 0.1) is 17.5 Å². The first kappa shape index (κ1) is 20.8. The molecule has 4 rings (SSSR count). The number of hydrogen-bond donors (Lipinski definition) is 0. The van der Waals surface area contributed by atoms with Gasteiger partial charge >= 0.3 is 0 Å². The molecule has 0 aliphatic rings. The van der Waals surface area contributed by atoms with Crippen molar-refractivity contribution in [1.82, 2.24) is 9.78 Å². The molecule has 4 aromatic rings. The standard InChI is InChI=1S/C22H15F3N2O3S/c1-2-31(29,30)16-5-3-4-13(10-16)21-18-11-14(23)6-8-17(18)22(28)27(26-21)20-9-7-15(24)12-19(20)25/h3-12H,2H2,1H3. The molecule has 5 nitrogen and oxygen atoms in total. The lowest BCUT2D eigenvalue weighted by Gasteiger charge is -2.13. The number of nitrogens with zero attached hydrogens (tertiary/aromatic N) is 2. The zero-order valence-corrected chi connectivity index (χ0v) is 17.0. The molecule has 1 heterocycles. The highest BCUT2D eigenvalue weighted by atomic mass is 32.2. The molecule has 0 saturated heterocycles. The van der Waals surface area contributed by atoms with Crippen molar-refractivity contribution in [1.29, 1.82) is 0 Å². The molecule has 0 saturated carbocycles. The minimum absolute atomic E-state index is 0.0320. The minimum atomic E-state index is -3.54. The molecule has 0 aliphatic carbocycles. The molecule has 0 fully saturated rings. The van der Waals surface area contributed by atoms with Gasteiger partial charge in [0.15, 0.2) is 15.7 Å². The average molecular weight is 444 g/mol. The highest BCUT2D eigenvalue weighted by Gasteiger charge is 2.19. The van der Waals surface area contributed by atoms with Crippen LogP contribution in [0.15, 0.2) is 70.4 Å². The molecule has 1 aromatic heterocycles. The van der Waals surface area contributed by atoms with Crippen LogP contribution in [0.4, 0.5) is 13.2 Å². The maximum absolute atomic E-state index is 14.4. The summed E-state index contributed by atoms with van der Waals surface area (Å²) in [6, 6.07) is 11.9. The van der Waals surface area contributed by atoms with Crippen molar-refractivity contribution in [3.63, 3.8) is 0 Å². The van der Waals surface area contributed by atoms with Gasteiger partial charge in [0.05, 0.1) is 21.7 Å². The van der Waals surface area contributed by atoms with E-state index in [-0.39, 0.29) is 32.8 Å². The quantitative estimate of drug-likeness (QED) is 0.472. The predicted molar refractivity (Wildman–Crippen MR) is 110 cm³/mol. The third-order valence-corrected chi connectivity index (χ3v) is 6.58. The predicted octanol–water partition coefficient (Wildman–Crippen LogP) is 4.26. The first-order valence-electron chi connectivity index (χ1n) is 9.22. The van der Waals surface area contributed by atoms with Gasteiger partial charge in [0.2, 0.25) is 0 Å². The van der Waals surface area contributed by atoms with Gasteiger partial charge in [-0.2, -0.15) is 9.78 Å². The van der Waals surface area contributed by atoms with E-state index in [1.165, 1.54) is 31.2 Å². The Morgan fingerprint density at radius 2 is 1.61 bits per heavy atom. The van der Waals surface area contributed by atoms with Crippen molar-refractivity contribution in [2.75, 3.05) is 5.75 Å². The van der Waals surface area contributed by atoms with E-state index < -0.39 is 32.8 Å². The van der Waals surface area contributed by atoms with Gasteiger partial charge in [0.25, 0.3) is 5.56 Å². The van der Waals surface area contributed by atoms with Crippen molar-refractivity contribution >= 4 is 20.6 Å². The maximum atomic E-state index is 14.4. The summed E-state index contributed by atoms with van der Waals surface area (Å²) in [5.74, 6) is -2.59. The number of sulfone groups is 1. The van der Waals surface area contributed by atoms with Crippen LogP contribution in [0.25, 0.3) is 27.7 Å². The van der Waals surface area contributed by atoms with E-state index in [1.807, 2.05) is 0 Å². The highest BCUT2D eigenvalue weighted by Crippen LogP contribution is 2.28. The molecule has 0 radical (unpaired) electrons. The van der Waals surface area contributed by atoms with Crippen LogP contribution in [0.5, 0.6) is 0 Å². The summed E-state index contributed by atoms with van der Waals surface area (Å²) >= 11 is 0. The van der Waals surface area contributed by atoms with Crippen molar-refractivity contribution in [2.24, 2.45) is 0 Å². The number of fused-ring (bicyclic) bond motifs is 1.